The molecule has 8 nitrogen and oxygen atoms in total. The lowest BCUT2D eigenvalue weighted by atomic mass is 10.1. The molecule has 2 N–H and O–H groups in total. The van der Waals surface area contributed by atoms with Crippen LogP contribution in [0.1, 0.15) is 31.2 Å². The fourth-order valence-corrected chi connectivity index (χ4v) is 3.38. The summed E-state index contributed by atoms with van der Waals surface area (Å²) in [6, 6.07) is 12.0. The second-order valence-corrected chi connectivity index (χ2v) is 7.10. The van der Waals surface area contributed by atoms with Gasteiger partial charge in [-0.1, -0.05) is 12.1 Å². The van der Waals surface area contributed by atoms with Crippen LogP contribution in [0.15, 0.2) is 47.6 Å². The van der Waals surface area contributed by atoms with Crippen LogP contribution in [-0.2, 0) is 12.8 Å². The maximum absolute atomic E-state index is 5.66. The monoisotopic (exact) mass is 552 g/mol. The van der Waals surface area contributed by atoms with Gasteiger partial charge in [-0.3, -0.25) is 9.39 Å². The van der Waals surface area contributed by atoms with E-state index in [4.69, 9.17) is 9.47 Å². The van der Waals surface area contributed by atoms with Crippen LogP contribution in [0, 0.1) is 0 Å². The van der Waals surface area contributed by atoms with E-state index in [1.54, 1.807) is 14.2 Å². The first-order valence-electron chi connectivity index (χ1n) is 10.8. The van der Waals surface area contributed by atoms with Crippen molar-refractivity contribution in [2.75, 3.05) is 33.9 Å². The van der Waals surface area contributed by atoms with Crippen molar-refractivity contribution in [1.82, 2.24) is 25.2 Å². The van der Waals surface area contributed by atoms with Gasteiger partial charge in [-0.05, 0) is 56.0 Å². The molecule has 174 valence electrons. The summed E-state index contributed by atoms with van der Waals surface area (Å²) < 4.78 is 13.0. The third-order valence-corrected chi connectivity index (χ3v) is 4.94. The summed E-state index contributed by atoms with van der Waals surface area (Å²) in [5.41, 5.74) is 2.11. The molecule has 0 aliphatic heterocycles. The van der Waals surface area contributed by atoms with Crippen LogP contribution >= 0.6 is 24.0 Å². The maximum Gasteiger partial charge on any atom is 0.190 e. The largest absolute Gasteiger partial charge is 0.493 e. The highest BCUT2D eigenvalue weighted by Gasteiger charge is 2.06. The van der Waals surface area contributed by atoms with Crippen LogP contribution < -0.4 is 20.1 Å². The zero-order chi connectivity index (χ0) is 21.9. The molecule has 2 heterocycles. The van der Waals surface area contributed by atoms with Crippen LogP contribution in [-0.4, -0.2) is 54.4 Å². The number of rotatable bonds is 11. The van der Waals surface area contributed by atoms with E-state index >= 15 is 0 Å². The number of nitrogens with one attached hydrogen (secondary N) is 2. The topological polar surface area (TPSA) is 85.1 Å². The highest BCUT2D eigenvalue weighted by molar-refractivity contribution is 14.0. The van der Waals surface area contributed by atoms with Crippen molar-refractivity contribution in [2.24, 2.45) is 4.99 Å². The number of hydrogen-bond donors (Lipinski definition) is 2. The summed E-state index contributed by atoms with van der Waals surface area (Å²) in [4.78, 5) is 4.30. The number of aliphatic imine (C=N–C) groups is 1. The number of aromatic nitrogens is 3. The molecular formula is C23H33IN6O2. The molecule has 0 spiro atoms. The van der Waals surface area contributed by atoms with E-state index in [9.17, 15) is 0 Å². The second-order valence-electron chi connectivity index (χ2n) is 7.10. The van der Waals surface area contributed by atoms with E-state index < -0.39 is 0 Å². The van der Waals surface area contributed by atoms with Gasteiger partial charge in [0.25, 0.3) is 0 Å². The third kappa shape index (κ3) is 7.25. The molecule has 0 aliphatic rings. The van der Waals surface area contributed by atoms with Crippen molar-refractivity contribution in [3.05, 3.63) is 54.0 Å². The van der Waals surface area contributed by atoms with Gasteiger partial charge in [0.05, 0.1) is 13.7 Å². The van der Waals surface area contributed by atoms with Crippen LogP contribution in [0.3, 0.4) is 0 Å². The predicted octanol–water partition coefficient (Wildman–Crippen LogP) is 3.49. The Hall–Kier alpha value is -2.56. The minimum absolute atomic E-state index is 0. The van der Waals surface area contributed by atoms with Crippen molar-refractivity contribution < 1.29 is 9.47 Å². The Morgan fingerprint density at radius 1 is 1.03 bits per heavy atom. The smallest absolute Gasteiger partial charge is 0.190 e. The SMILES string of the molecule is CCOc1cc(CCCNC(=NC)NCCCc2nnc3ccccn23)ccc1OC.I. The summed E-state index contributed by atoms with van der Waals surface area (Å²) in [7, 11) is 3.45. The van der Waals surface area contributed by atoms with Crippen molar-refractivity contribution in [1.29, 1.82) is 0 Å². The van der Waals surface area contributed by atoms with Crippen LogP contribution in [0.25, 0.3) is 5.65 Å². The first-order valence-corrected chi connectivity index (χ1v) is 10.8. The van der Waals surface area contributed by atoms with Gasteiger partial charge in [0.1, 0.15) is 5.82 Å². The molecule has 32 heavy (non-hydrogen) atoms. The van der Waals surface area contributed by atoms with Crippen molar-refractivity contribution in [2.45, 2.75) is 32.6 Å². The lowest BCUT2D eigenvalue weighted by molar-refractivity contribution is 0.310. The number of pyridine rings is 1. The minimum Gasteiger partial charge on any atom is -0.493 e. The maximum atomic E-state index is 5.66. The van der Waals surface area contributed by atoms with Crippen molar-refractivity contribution in [3.8, 4) is 11.5 Å². The summed E-state index contributed by atoms with van der Waals surface area (Å²) >= 11 is 0. The van der Waals surface area contributed by atoms with Crippen LogP contribution in [0.5, 0.6) is 11.5 Å². The number of methoxy groups -OCH3 is 1. The molecule has 3 rings (SSSR count). The van der Waals surface area contributed by atoms with Crippen LogP contribution in [0.2, 0.25) is 0 Å². The van der Waals surface area contributed by atoms with Gasteiger partial charge in [0.2, 0.25) is 0 Å². The molecule has 0 saturated heterocycles. The molecule has 0 fully saturated rings. The van der Waals surface area contributed by atoms with Gasteiger partial charge < -0.3 is 20.1 Å². The number of aryl methyl sites for hydroxylation is 2. The number of guanidine groups is 1. The van der Waals surface area contributed by atoms with E-state index in [1.807, 2.05) is 41.8 Å². The normalized spacial score (nSPS) is 11.2. The molecule has 0 amide bonds. The average Bonchev–Trinajstić information content (AvgIpc) is 3.21. The summed E-state index contributed by atoms with van der Waals surface area (Å²) in [5, 5.41) is 15.2. The molecule has 2 aromatic heterocycles. The van der Waals surface area contributed by atoms with E-state index in [0.29, 0.717) is 6.61 Å². The number of nitrogens with zero attached hydrogens (tertiary/aromatic N) is 4. The standard InChI is InChI=1S/C23H32N6O2.HI/c1-4-31-20-17-18(12-13-19(20)30-3)9-7-14-25-23(24-2)26-15-8-11-22-28-27-21-10-5-6-16-29(21)22;/h5-6,10,12-13,16-17H,4,7-9,11,14-15H2,1-3H3,(H2,24,25,26);1H. The Morgan fingerprint density at radius 3 is 2.53 bits per heavy atom. The Bertz CT molecular complexity index is 992. The molecule has 0 aliphatic carbocycles. The number of hydrogen-bond acceptors (Lipinski definition) is 5. The molecular weight excluding hydrogens is 519 g/mol. The molecule has 9 heteroatoms. The first-order chi connectivity index (χ1) is 15.2. The average molecular weight is 552 g/mol. The first kappa shape index (κ1) is 25.7. The highest BCUT2D eigenvalue weighted by Crippen LogP contribution is 2.28. The molecule has 1 aromatic carbocycles. The van der Waals surface area contributed by atoms with E-state index in [0.717, 1.165) is 67.7 Å². The lowest BCUT2D eigenvalue weighted by Crippen LogP contribution is -2.38. The third-order valence-electron chi connectivity index (χ3n) is 4.94. The van der Waals surface area contributed by atoms with E-state index in [2.05, 4.69) is 38.0 Å². The number of fused-ring (bicyclic) bond motifs is 1. The molecule has 3 aromatic rings. The van der Waals surface area contributed by atoms with Gasteiger partial charge in [-0.2, -0.15) is 0 Å². The highest BCUT2D eigenvalue weighted by atomic mass is 127. The molecule has 0 radical (unpaired) electrons. The van der Waals surface area contributed by atoms with Gasteiger partial charge in [0, 0.05) is 32.8 Å². The summed E-state index contributed by atoms with van der Waals surface area (Å²) in [5.74, 6) is 3.36. The molecule has 0 unspecified atom stereocenters. The van der Waals surface area contributed by atoms with Gasteiger partial charge >= 0.3 is 0 Å². The number of ether oxygens (including phenoxy) is 2. The van der Waals surface area contributed by atoms with Gasteiger partial charge in [-0.25, -0.2) is 0 Å². The lowest BCUT2D eigenvalue weighted by Gasteiger charge is -2.13. The van der Waals surface area contributed by atoms with Gasteiger partial charge in [0.15, 0.2) is 23.1 Å². The number of halogens is 1. The molecule has 0 atom stereocenters. The van der Waals surface area contributed by atoms with Crippen molar-refractivity contribution in [3.63, 3.8) is 0 Å². The predicted molar refractivity (Wildman–Crippen MR) is 139 cm³/mol. The Balaban J connectivity index is 0.00000363. The second kappa shape index (κ2) is 13.8. The molecule has 0 saturated carbocycles. The Kier molecular flexibility index (Phi) is 11.1. The Labute approximate surface area is 206 Å². The fraction of sp³-hybridized carbons (Fsp3) is 0.435. The zero-order valence-corrected chi connectivity index (χ0v) is 21.3. The zero-order valence-electron chi connectivity index (χ0n) is 19.0. The van der Waals surface area contributed by atoms with Gasteiger partial charge in [-0.15, -0.1) is 34.2 Å². The van der Waals surface area contributed by atoms with Crippen molar-refractivity contribution >= 4 is 35.6 Å². The summed E-state index contributed by atoms with van der Waals surface area (Å²) in [6.07, 6.45) is 5.74. The van der Waals surface area contributed by atoms with E-state index in [-0.39, 0.29) is 24.0 Å². The fourth-order valence-electron chi connectivity index (χ4n) is 3.38. The van der Waals surface area contributed by atoms with E-state index in [1.165, 1.54) is 5.56 Å². The number of benzene rings is 1. The molecule has 0 bridgehead atoms. The minimum atomic E-state index is 0. The van der Waals surface area contributed by atoms with Crippen LogP contribution in [0.4, 0.5) is 0 Å². The summed E-state index contributed by atoms with van der Waals surface area (Å²) in [6.45, 7) is 4.25. The Morgan fingerprint density at radius 2 is 1.81 bits per heavy atom. The quantitative estimate of drug-likeness (QED) is 0.164.